The van der Waals surface area contributed by atoms with Gasteiger partial charge in [-0.05, 0) is 43.9 Å². The lowest BCUT2D eigenvalue weighted by atomic mass is 10.1. The smallest absolute Gasteiger partial charge is 0.308 e. The first-order valence-corrected chi connectivity index (χ1v) is 10.3. The molecule has 8 nitrogen and oxygen atoms in total. The molecule has 2 amide bonds. The van der Waals surface area contributed by atoms with E-state index in [9.17, 15) is 4.79 Å². The highest BCUT2D eigenvalue weighted by Crippen LogP contribution is 2.46. The van der Waals surface area contributed by atoms with E-state index in [0.717, 1.165) is 33.8 Å². The molecule has 0 aliphatic heterocycles. The molecule has 10 heteroatoms. The van der Waals surface area contributed by atoms with E-state index in [-0.39, 0.29) is 6.03 Å². The summed E-state index contributed by atoms with van der Waals surface area (Å²) in [7, 11) is 0. The highest BCUT2D eigenvalue weighted by Gasteiger charge is 2.30. The number of carbonyl (C=O) groups excluding carboxylic acids is 1. The number of halogens is 1. The Kier molecular flexibility index (Phi) is 4.40. The number of carbonyl (C=O) groups is 1. The van der Waals surface area contributed by atoms with E-state index < -0.39 is 0 Å². The van der Waals surface area contributed by atoms with Crippen molar-refractivity contribution in [2.75, 3.05) is 10.6 Å². The van der Waals surface area contributed by atoms with Crippen molar-refractivity contribution in [3.8, 4) is 5.69 Å². The number of pyridine rings is 1. The predicted octanol–water partition coefficient (Wildman–Crippen LogP) is 4.76. The monoisotopic (exact) mass is 425 g/mol. The van der Waals surface area contributed by atoms with Gasteiger partial charge in [-0.25, -0.2) is 19.4 Å². The summed E-state index contributed by atoms with van der Waals surface area (Å²) >= 11 is 7.90. The van der Waals surface area contributed by atoms with E-state index in [2.05, 4.69) is 30.9 Å². The number of nitrogens with one attached hydrogen (secondary N) is 2. The van der Waals surface area contributed by atoms with Gasteiger partial charge >= 0.3 is 6.03 Å². The van der Waals surface area contributed by atoms with Crippen molar-refractivity contribution < 1.29 is 4.79 Å². The third-order valence-corrected chi connectivity index (χ3v) is 5.86. The topological polar surface area (TPSA) is 97.6 Å². The van der Waals surface area contributed by atoms with E-state index in [1.165, 1.54) is 0 Å². The second kappa shape index (κ2) is 7.09. The molecular weight excluding hydrogens is 410 g/mol. The number of nitrogens with zero attached hydrogens (tertiary/aromatic N) is 5. The number of rotatable bonds is 4. The van der Waals surface area contributed by atoms with Crippen LogP contribution in [0.2, 0.25) is 5.02 Å². The Bertz CT molecular complexity index is 1220. The molecule has 29 heavy (non-hydrogen) atoms. The van der Waals surface area contributed by atoms with Crippen LogP contribution in [0.5, 0.6) is 0 Å². The van der Waals surface area contributed by atoms with Crippen LogP contribution in [-0.2, 0) is 0 Å². The molecule has 4 aromatic rings. The molecule has 2 N–H and O–H groups in total. The largest absolute Gasteiger partial charge is 0.323 e. The van der Waals surface area contributed by atoms with Crippen LogP contribution in [0.15, 0.2) is 36.8 Å². The van der Waals surface area contributed by atoms with Gasteiger partial charge in [0.1, 0.15) is 10.3 Å². The first kappa shape index (κ1) is 18.0. The number of anilines is 2. The molecule has 1 aromatic carbocycles. The molecule has 0 atom stereocenters. The van der Waals surface area contributed by atoms with Gasteiger partial charge in [-0.1, -0.05) is 28.2 Å². The summed E-state index contributed by atoms with van der Waals surface area (Å²) in [6.07, 6.45) is 7.19. The van der Waals surface area contributed by atoms with Crippen molar-refractivity contribution in [3.05, 3.63) is 52.4 Å². The highest BCUT2D eigenvalue weighted by atomic mass is 35.5. The molecular formula is C19H16ClN7OS. The van der Waals surface area contributed by atoms with Crippen molar-refractivity contribution in [2.24, 2.45) is 0 Å². The standard InChI is InChI=1S/C19H16ClN7OS/c1-10-23-17-16(11-2-3-11)14(9-21-18(17)29-10)25-19(28)24-12-4-5-15(13(20)8-12)27-7-6-22-26-27/h4-9,11H,2-3H2,1H3,(H2,24,25,28). The van der Waals surface area contributed by atoms with Crippen LogP contribution in [-0.4, -0.2) is 31.0 Å². The number of aromatic nitrogens is 5. The van der Waals surface area contributed by atoms with E-state index >= 15 is 0 Å². The number of benzene rings is 1. The van der Waals surface area contributed by atoms with E-state index in [0.29, 0.717) is 28.0 Å². The van der Waals surface area contributed by atoms with Gasteiger partial charge in [-0.2, -0.15) is 0 Å². The molecule has 0 radical (unpaired) electrons. The minimum atomic E-state index is -0.357. The van der Waals surface area contributed by atoms with Crippen LogP contribution in [0, 0.1) is 6.92 Å². The third-order valence-electron chi connectivity index (χ3n) is 4.68. The average Bonchev–Trinajstić information content (AvgIpc) is 3.21. The molecule has 1 fully saturated rings. The van der Waals surface area contributed by atoms with E-state index in [1.54, 1.807) is 52.8 Å². The van der Waals surface area contributed by atoms with Crippen molar-refractivity contribution >= 4 is 50.7 Å². The highest BCUT2D eigenvalue weighted by molar-refractivity contribution is 7.18. The SMILES string of the molecule is Cc1nc2c(C3CC3)c(NC(=O)Nc3ccc(-n4ccnn4)c(Cl)c3)cnc2s1. The van der Waals surface area contributed by atoms with Gasteiger partial charge in [-0.3, -0.25) is 0 Å². The minimum Gasteiger partial charge on any atom is -0.308 e. The van der Waals surface area contributed by atoms with E-state index in [1.807, 2.05) is 6.92 Å². The van der Waals surface area contributed by atoms with Crippen molar-refractivity contribution in [1.29, 1.82) is 0 Å². The maximum atomic E-state index is 12.6. The number of hydrogen-bond acceptors (Lipinski definition) is 6. The van der Waals surface area contributed by atoms with Crippen LogP contribution in [0.25, 0.3) is 16.0 Å². The van der Waals surface area contributed by atoms with Crippen LogP contribution < -0.4 is 10.6 Å². The van der Waals surface area contributed by atoms with Gasteiger partial charge in [0.2, 0.25) is 0 Å². The molecule has 146 valence electrons. The molecule has 3 heterocycles. The molecule has 1 aliphatic carbocycles. The fraction of sp³-hybridized carbons (Fsp3) is 0.211. The summed E-state index contributed by atoms with van der Waals surface area (Å²) in [5, 5.41) is 14.9. The number of hydrogen-bond donors (Lipinski definition) is 2. The first-order chi connectivity index (χ1) is 14.1. The Balaban J connectivity index is 1.37. The minimum absolute atomic E-state index is 0.357. The van der Waals surface area contributed by atoms with E-state index in [4.69, 9.17) is 11.6 Å². The normalized spacial score (nSPS) is 13.6. The Morgan fingerprint density at radius 1 is 1.31 bits per heavy atom. The van der Waals surface area contributed by atoms with Crippen LogP contribution in [0.4, 0.5) is 16.2 Å². The van der Waals surface area contributed by atoms with Crippen LogP contribution in [0.1, 0.15) is 29.3 Å². The molecule has 3 aromatic heterocycles. The second-order valence-corrected chi connectivity index (χ2v) is 8.43. The maximum Gasteiger partial charge on any atom is 0.323 e. The van der Waals surface area contributed by atoms with Gasteiger partial charge in [0.15, 0.2) is 0 Å². The summed E-state index contributed by atoms with van der Waals surface area (Å²) in [5.74, 6) is 0.425. The maximum absolute atomic E-state index is 12.6. The Morgan fingerprint density at radius 2 is 2.17 bits per heavy atom. The van der Waals surface area contributed by atoms with Crippen molar-refractivity contribution in [2.45, 2.75) is 25.7 Å². The van der Waals surface area contributed by atoms with Gasteiger partial charge in [0.05, 0.1) is 40.0 Å². The molecule has 0 spiro atoms. The number of aryl methyl sites for hydroxylation is 1. The summed E-state index contributed by atoms with van der Waals surface area (Å²) in [4.78, 5) is 22.6. The fourth-order valence-electron chi connectivity index (χ4n) is 3.28. The zero-order valence-electron chi connectivity index (χ0n) is 15.4. The summed E-state index contributed by atoms with van der Waals surface area (Å²) in [6.45, 7) is 1.97. The van der Waals surface area contributed by atoms with Gasteiger partial charge in [0.25, 0.3) is 0 Å². The molecule has 1 saturated carbocycles. The van der Waals surface area contributed by atoms with Crippen LogP contribution >= 0.6 is 22.9 Å². The van der Waals surface area contributed by atoms with Crippen molar-refractivity contribution in [1.82, 2.24) is 25.0 Å². The van der Waals surface area contributed by atoms with Crippen molar-refractivity contribution in [3.63, 3.8) is 0 Å². The number of fused-ring (bicyclic) bond motifs is 1. The van der Waals surface area contributed by atoms with Gasteiger partial charge < -0.3 is 10.6 Å². The molecule has 0 unspecified atom stereocenters. The molecule has 1 aliphatic rings. The molecule has 0 bridgehead atoms. The average molecular weight is 426 g/mol. The summed E-state index contributed by atoms with van der Waals surface area (Å²) in [6, 6.07) is 4.85. The molecule has 0 saturated heterocycles. The molecule has 5 rings (SSSR count). The lowest BCUT2D eigenvalue weighted by Gasteiger charge is -2.12. The Morgan fingerprint density at radius 3 is 2.90 bits per heavy atom. The van der Waals surface area contributed by atoms with Crippen LogP contribution in [0.3, 0.4) is 0 Å². The lowest BCUT2D eigenvalue weighted by molar-refractivity contribution is 0.262. The van der Waals surface area contributed by atoms with Gasteiger partial charge in [0, 0.05) is 11.3 Å². The zero-order valence-corrected chi connectivity index (χ0v) is 17.0. The third kappa shape index (κ3) is 3.54. The quantitative estimate of drug-likeness (QED) is 0.491. The number of urea groups is 1. The summed E-state index contributed by atoms with van der Waals surface area (Å²) < 4.78 is 1.56. The Labute approximate surface area is 174 Å². The second-order valence-electron chi connectivity index (χ2n) is 6.84. The predicted molar refractivity (Wildman–Crippen MR) is 113 cm³/mol. The zero-order chi connectivity index (χ0) is 20.0. The van der Waals surface area contributed by atoms with Gasteiger partial charge in [-0.15, -0.1) is 5.10 Å². The number of amides is 2. The Hall–Kier alpha value is -3.04. The number of thiazole rings is 1. The summed E-state index contributed by atoms with van der Waals surface area (Å²) in [5.41, 5.74) is 3.93. The lowest BCUT2D eigenvalue weighted by Crippen LogP contribution is -2.20. The first-order valence-electron chi connectivity index (χ1n) is 9.09. The fourth-order valence-corrected chi connectivity index (χ4v) is 4.32.